The fourth-order valence-corrected chi connectivity index (χ4v) is 2.92. The summed E-state index contributed by atoms with van der Waals surface area (Å²) in [7, 11) is 0. The predicted molar refractivity (Wildman–Crippen MR) is 82.2 cm³/mol. The first-order valence-corrected chi connectivity index (χ1v) is 7.11. The van der Waals surface area contributed by atoms with Crippen molar-refractivity contribution in [3.63, 3.8) is 0 Å². The number of aromatic nitrogens is 2. The largest absolute Gasteiger partial charge is 0.302 e. The summed E-state index contributed by atoms with van der Waals surface area (Å²) in [6.07, 6.45) is 1.74. The van der Waals surface area contributed by atoms with E-state index in [1.807, 2.05) is 24.3 Å². The van der Waals surface area contributed by atoms with Gasteiger partial charge in [-0.15, -0.1) is 0 Å². The van der Waals surface area contributed by atoms with E-state index < -0.39 is 0 Å². The van der Waals surface area contributed by atoms with Gasteiger partial charge in [0.25, 0.3) is 0 Å². The second kappa shape index (κ2) is 5.19. The van der Waals surface area contributed by atoms with Crippen molar-refractivity contribution in [2.45, 2.75) is 6.92 Å². The molecule has 2 heterocycles. The van der Waals surface area contributed by atoms with Crippen LogP contribution in [0.25, 0.3) is 21.3 Å². The molecule has 0 spiro atoms. The molecule has 0 unspecified atom stereocenters. The van der Waals surface area contributed by atoms with Gasteiger partial charge in [-0.1, -0.05) is 29.0 Å². The number of carbonyl (C=O) groups excluding carboxylic acids is 1. The SMILES string of the molecule is CC(=O)Nc1nc2ccc(-c3ccc(Cl)nc3)cc2s1. The lowest BCUT2D eigenvalue weighted by atomic mass is 10.1. The van der Waals surface area contributed by atoms with Crippen molar-refractivity contribution in [2.75, 3.05) is 5.32 Å². The van der Waals surface area contributed by atoms with Crippen LogP contribution in [0.3, 0.4) is 0 Å². The Morgan fingerprint density at radius 3 is 2.75 bits per heavy atom. The van der Waals surface area contributed by atoms with E-state index in [0.29, 0.717) is 10.3 Å². The molecule has 4 nitrogen and oxygen atoms in total. The van der Waals surface area contributed by atoms with Gasteiger partial charge >= 0.3 is 0 Å². The van der Waals surface area contributed by atoms with Crippen LogP contribution < -0.4 is 5.32 Å². The molecule has 0 aliphatic heterocycles. The van der Waals surface area contributed by atoms with Gasteiger partial charge < -0.3 is 5.32 Å². The molecular formula is C14H10ClN3OS. The van der Waals surface area contributed by atoms with Gasteiger partial charge in [-0.25, -0.2) is 9.97 Å². The highest BCUT2D eigenvalue weighted by atomic mass is 35.5. The number of carbonyl (C=O) groups is 1. The summed E-state index contributed by atoms with van der Waals surface area (Å²) in [6.45, 7) is 1.47. The van der Waals surface area contributed by atoms with Crippen molar-refractivity contribution in [3.8, 4) is 11.1 Å². The molecular weight excluding hydrogens is 294 g/mol. The van der Waals surface area contributed by atoms with E-state index in [1.165, 1.54) is 18.3 Å². The zero-order valence-corrected chi connectivity index (χ0v) is 12.1. The van der Waals surface area contributed by atoms with Crippen molar-refractivity contribution >= 4 is 44.2 Å². The van der Waals surface area contributed by atoms with Gasteiger partial charge in [-0.2, -0.15) is 0 Å². The van der Waals surface area contributed by atoms with E-state index in [0.717, 1.165) is 21.3 Å². The summed E-state index contributed by atoms with van der Waals surface area (Å²) < 4.78 is 1.02. The summed E-state index contributed by atoms with van der Waals surface area (Å²) in [5.41, 5.74) is 2.90. The minimum atomic E-state index is -0.119. The average molecular weight is 304 g/mol. The molecule has 3 rings (SSSR count). The van der Waals surface area contributed by atoms with E-state index in [1.54, 1.807) is 12.3 Å². The van der Waals surface area contributed by atoms with Crippen molar-refractivity contribution in [2.24, 2.45) is 0 Å². The van der Waals surface area contributed by atoms with Crippen LogP contribution in [0.1, 0.15) is 6.92 Å². The standard InChI is InChI=1S/C14H10ClN3OS/c1-8(19)17-14-18-11-4-2-9(6-12(11)20-14)10-3-5-13(15)16-7-10/h2-7H,1H3,(H,17,18,19). The Kier molecular flexibility index (Phi) is 3.38. The Balaban J connectivity index is 2.01. The molecule has 0 atom stereocenters. The third-order valence-corrected chi connectivity index (χ3v) is 3.89. The lowest BCUT2D eigenvalue weighted by Gasteiger charge is -2.00. The van der Waals surface area contributed by atoms with Gasteiger partial charge in [0.1, 0.15) is 5.15 Å². The Bertz CT molecular complexity index is 783. The number of fused-ring (bicyclic) bond motifs is 1. The maximum atomic E-state index is 11.0. The molecule has 0 fully saturated rings. The first kappa shape index (κ1) is 13.0. The molecule has 0 aliphatic carbocycles. The molecule has 1 aromatic carbocycles. The lowest BCUT2D eigenvalue weighted by Crippen LogP contribution is -2.04. The molecule has 6 heteroatoms. The van der Waals surface area contributed by atoms with Gasteiger partial charge in [0.15, 0.2) is 5.13 Å². The second-order valence-electron chi connectivity index (χ2n) is 4.25. The maximum Gasteiger partial charge on any atom is 0.223 e. The van der Waals surface area contributed by atoms with Crippen molar-refractivity contribution in [3.05, 3.63) is 41.7 Å². The van der Waals surface area contributed by atoms with E-state index in [4.69, 9.17) is 11.6 Å². The van der Waals surface area contributed by atoms with Crippen LogP contribution in [0.2, 0.25) is 5.15 Å². The number of nitrogens with one attached hydrogen (secondary N) is 1. The average Bonchev–Trinajstić information content (AvgIpc) is 2.79. The van der Waals surface area contributed by atoms with Crippen LogP contribution in [-0.4, -0.2) is 15.9 Å². The zero-order chi connectivity index (χ0) is 14.1. The number of amides is 1. The van der Waals surface area contributed by atoms with Gasteiger partial charge in [0, 0.05) is 18.7 Å². The molecule has 0 radical (unpaired) electrons. The van der Waals surface area contributed by atoms with E-state index in [9.17, 15) is 4.79 Å². The number of pyridine rings is 1. The number of rotatable bonds is 2. The zero-order valence-electron chi connectivity index (χ0n) is 10.6. The lowest BCUT2D eigenvalue weighted by molar-refractivity contribution is -0.114. The number of thiazole rings is 1. The van der Waals surface area contributed by atoms with Crippen molar-refractivity contribution < 1.29 is 4.79 Å². The van der Waals surface area contributed by atoms with Crippen molar-refractivity contribution in [1.29, 1.82) is 0 Å². The molecule has 20 heavy (non-hydrogen) atoms. The number of hydrogen-bond donors (Lipinski definition) is 1. The summed E-state index contributed by atoms with van der Waals surface area (Å²) in [4.78, 5) is 19.5. The van der Waals surface area contributed by atoms with E-state index in [-0.39, 0.29) is 5.91 Å². The molecule has 1 amide bonds. The number of halogens is 1. The molecule has 0 saturated carbocycles. The topological polar surface area (TPSA) is 54.9 Å². The molecule has 2 aromatic heterocycles. The van der Waals surface area contributed by atoms with Gasteiger partial charge in [-0.3, -0.25) is 4.79 Å². The number of benzene rings is 1. The molecule has 0 aliphatic rings. The molecule has 0 saturated heterocycles. The highest BCUT2D eigenvalue weighted by molar-refractivity contribution is 7.22. The molecule has 100 valence electrons. The summed E-state index contributed by atoms with van der Waals surface area (Å²) in [5, 5.41) is 3.78. The van der Waals surface area contributed by atoms with Crippen LogP contribution >= 0.6 is 22.9 Å². The van der Waals surface area contributed by atoms with Crippen LogP contribution in [0.15, 0.2) is 36.5 Å². The Morgan fingerprint density at radius 2 is 2.05 bits per heavy atom. The van der Waals surface area contributed by atoms with Crippen molar-refractivity contribution in [1.82, 2.24) is 9.97 Å². The number of nitrogens with zero attached hydrogens (tertiary/aromatic N) is 2. The van der Waals surface area contributed by atoms with Gasteiger partial charge in [0.2, 0.25) is 5.91 Å². The number of anilines is 1. The first-order valence-electron chi connectivity index (χ1n) is 5.92. The number of hydrogen-bond acceptors (Lipinski definition) is 4. The smallest absolute Gasteiger partial charge is 0.223 e. The quantitative estimate of drug-likeness (QED) is 0.729. The normalized spacial score (nSPS) is 10.7. The summed E-state index contributed by atoms with van der Waals surface area (Å²) in [6, 6.07) is 9.62. The van der Waals surface area contributed by atoms with Crippen LogP contribution in [0, 0.1) is 0 Å². The second-order valence-corrected chi connectivity index (χ2v) is 5.67. The Morgan fingerprint density at radius 1 is 1.25 bits per heavy atom. The fraction of sp³-hybridized carbons (Fsp3) is 0.0714. The summed E-state index contributed by atoms with van der Waals surface area (Å²) in [5.74, 6) is -0.119. The highest BCUT2D eigenvalue weighted by Gasteiger charge is 2.07. The Labute approximate surface area is 124 Å². The monoisotopic (exact) mass is 303 g/mol. The molecule has 1 N–H and O–H groups in total. The minimum absolute atomic E-state index is 0.119. The van der Waals surface area contributed by atoms with E-state index >= 15 is 0 Å². The molecule has 3 aromatic rings. The van der Waals surface area contributed by atoms with E-state index in [2.05, 4.69) is 15.3 Å². The fourth-order valence-electron chi connectivity index (χ4n) is 1.85. The Hall–Kier alpha value is -1.98. The molecule has 0 bridgehead atoms. The predicted octanol–water partition coefficient (Wildman–Crippen LogP) is 3.97. The first-order chi connectivity index (χ1) is 9.61. The van der Waals surface area contributed by atoms with Gasteiger partial charge in [0.05, 0.1) is 10.2 Å². The third kappa shape index (κ3) is 2.64. The third-order valence-electron chi connectivity index (χ3n) is 2.73. The highest BCUT2D eigenvalue weighted by Crippen LogP contribution is 2.30. The minimum Gasteiger partial charge on any atom is -0.302 e. The summed E-state index contributed by atoms with van der Waals surface area (Å²) >= 11 is 7.23. The maximum absolute atomic E-state index is 11.0. The van der Waals surface area contributed by atoms with Gasteiger partial charge in [-0.05, 0) is 29.8 Å². The van der Waals surface area contributed by atoms with Crippen LogP contribution in [0.5, 0.6) is 0 Å². The van der Waals surface area contributed by atoms with Crippen LogP contribution in [0.4, 0.5) is 5.13 Å². The van der Waals surface area contributed by atoms with Crippen LogP contribution in [-0.2, 0) is 4.79 Å².